The summed E-state index contributed by atoms with van der Waals surface area (Å²) in [6.07, 6.45) is 2.93. The van der Waals surface area contributed by atoms with E-state index in [1.165, 1.54) is 11.3 Å². The molecule has 1 saturated carbocycles. The van der Waals surface area contributed by atoms with Crippen LogP contribution in [0.15, 0.2) is 6.20 Å². The first-order chi connectivity index (χ1) is 8.52. The molecule has 2 rings (SSSR count). The quantitative estimate of drug-likeness (QED) is 0.902. The Hall–Kier alpha value is -0.750. The van der Waals surface area contributed by atoms with Crippen LogP contribution in [0.1, 0.15) is 36.5 Å². The molecule has 0 bridgehead atoms. The zero-order chi connectivity index (χ0) is 13.2. The fraction of sp³-hybridized carbons (Fsp3) is 0.750. The van der Waals surface area contributed by atoms with E-state index < -0.39 is 5.92 Å². The van der Waals surface area contributed by atoms with Crippen molar-refractivity contribution in [3.8, 4) is 0 Å². The number of aromatic nitrogens is 1. The van der Waals surface area contributed by atoms with Crippen molar-refractivity contribution in [2.75, 3.05) is 13.7 Å². The highest BCUT2D eigenvalue weighted by Gasteiger charge is 2.35. The Kier molecular flexibility index (Phi) is 4.17. The van der Waals surface area contributed by atoms with Gasteiger partial charge in [0.05, 0.1) is 6.61 Å². The molecule has 1 aromatic rings. The van der Waals surface area contributed by atoms with E-state index in [9.17, 15) is 8.78 Å². The van der Waals surface area contributed by atoms with E-state index in [-0.39, 0.29) is 18.8 Å². The molecule has 1 aliphatic rings. The molecule has 3 nitrogen and oxygen atoms in total. The Bertz CT molecular complexity index is 445. The van der Waals surface area contributed by atoms with Gasteiger partial charge in [0.2, 0.25) is 5.92 Å². The van der Waals surface area contributed by atoms with Crippen molar-refractivity contribution in [2.24, 2.45) is 0 Å². The largest absolute Gasteiger partial charge is 0.383 e. The number of rotatable bonds is 4. The summed E-state index contributed by atoms with van der Waals surface area (Å²) in [6, 6.07) is 0. The van der Waals surface area contributed by atoms with Crippen molar-refractivity contribution in [2.45, 2.75) is 44.1 Å². The second-order valence-corrected chi connectivity index (χ2v) is 5.82. The van der Waals surface area contributed by atoms with E-state index in [1.54, 1.807) is 7.11 Å². The van der Waals surface area contributed by atoms with Gasteiger partial charge in [-0.25, -0.2) is 8.78 Å². The second kappa shape index (κ2) is 5.48. The molecule has 1 fully saturated rings. The van der Waals surface area contributed by atoms with E-state index in [2.05, 4.69) is 0 Å². The van der Waals surface area contributed by atoms with Crippen LogP contribution in [0, 0.1) is 5.41 Å². The van der Waals surface area contributed by atoms with E-state index in [4.69, 9.17) is 10.1 Å². The van der Waals surface area contributed by atoms with Crippen molar-refractivity contribution in [1.82, 2.24) is 4.57 Å². The molecule has 0 aromatic carbocycles. The van der Waals surface area contributed by atoms with Crippen molar-refractivity contribution in [1.29, 1.82) is 5.41 Å². The predicted molar refractivity (Wildman–Crippen MR) is 66.2 cm³/mol. The van der Waals surface area contributed by atoms with Crippen molar-refractivity contribution in [3.63, 3.8) is 0 Å². The second-order valence-electron chi connectivity index (χ2n) is 4.76. The number of thiazole rings is 1. The maximum absolute atomic E-state index is 13.1. The highest BCUT2D eigenvalue weighted by molar-refractivity contribution is 7.09. The third-order valence-electron chi connectivity index (χ3n) is 3.41. The average molecular weight is 276 g/mol. The number of alkyl halides is 2. The number of nitrogens with one attached hydrogen (secondary N) is 1. The summed E-state index contributed by atoms with van der Waals surface area (Å²) in [7, 11) is 1.63. The lowest BCUT2D eigenvalue weighted by molar-refractivity contribution is -0.0380. The van der Waals surface area contributed by atoms with Crippen molar-refractivity contribution < 1.29 is 13.5 Å². The smallest absolute Gasteiger partial charge is 0.248 e. The van der Waals surface area contributed by atoms with Gasteiger partial charge in [-0.05, 0) is 18.8 Å². The summed E-state index contributed by atoms with van der Waals surface area (Å²) < 4.78 is 33.0. The Labute approximate surface area is 109 Å². The molecule has 0 aliphatic heterocycles. The summed E-state index contributed by atoms with van der Waals surface area (Å²) in [5.74, 6) is -2.29. The molecule has 1 heterocycles. The third-order valence-corrected chi connectivity index (χ3v) is 4.52. The maximum Gasteiger partial charge on any atom is 0.248 e. The molecule has 0 radical (unpaired) electrons. The third kappa shape index (κ3) is 3.17. The SMILES string of the molecule is COCCn1cc(C2CCC(F)(F)CC2)sc1=N. The van der Waals surface area contributed by atoms with Gasteiger partial charge in [-0.2, -0.15) is 0 Å². The van der Waals surface area contributed by atoms with Crippen LogP contribution in [-0.4, -0.2) is 24.2 Å². The van der Waals surface area contributed by atoms with Gasteiger partial charge in [0.15, 0.2) is 4.80 Å². The molecule has 18 heavy (non-hydrogen) atoms. The van der Waals surface area contributed by atoms with Crippen LogP contribution in [0.5, 0.6) is 0 Å². The number of ether oxygens (including phenoxy) is 1. The molecule has 0 saturated heterocycles. The Morgan fingerprint density at radius 1 is 1.50 bits per heavy atom. The summed E-state index contributed by atoms with van der Waals surface area (Å²) >= 11 is 1.40. The standard InChI is InChI=1S/C12H18F2N2OS/c1-17-7-6-16-8-10(18-11(16)15)9-2-4-12(13,14)5-3-9/h8-9,15H,2-7H2,1H3. The topological polar surface area (TPSA) is 38.0 Å². The number of halogens is 2. The van der Waals surface area contributed by atoms with Gasteiger partial charge in [0, 0.05) is 37.6 Å². The van der Waals surface area contributed by atoms with Crippen LogP contribution < -0.4 is 4.80 Å². The average Bonchev–Trinajstić information content (AvgIpc) is 2.68. The van der Waals surface area contributed by atoms with Crippen LogP contribution in [0.25, 0.3) is 0 Å². The molecule has 0 atom stereocenters. The van der Waals surface area contributed by atoms with Crippen LogP contribution in [0.3, 0.4) is 0 Å². The molecule has 0 unspecified atom stereocenters. The highest BCUT2D eigenvalue weighted by Crippen LogP contribution is 2.41. The lowest BCUT2D eigenvalue weighted by Crippen LogP contribution is -2.23. The maximum atomic E-state index is 13.1. The van der Waals surface area contributed by atoms with E-state index >= 15 is 0 Å². The van der Waals surface area contributed by atoms with Crippen LogP contribution in [-0.2, 0) is 11.3 Å². The van der Waals surface area contributed by atoms with Gasteiger partial charge in [-0.3, -0.25) is 5.41 Å². The van der Waals surface area contributed by atoms with Gasteiger partial charge in [-0.1, -0.05) is 0 Å². The molecule has 1 N–H and O–H groups in total. The molecular weight excluding hydrogens is 258 g/mol. The first-order valence-corrected chi connectivity index (χ1v) is 6.95. The van der Waals surface area contributed by atoms with Crippen molar-refractivity contribution >= 4 is 11.3 Å². The summed E-state index contributed by atoms with van der Waals surface area (Å²) in [4.78, 5) is 1.53. The molecule has 0 amide bonds. The molecule has 6 heteroatoms. The predicted octanol–water partition coefficient (Wildman–Crippen LogP) is 2.97. The number of nitrogens with zero attached hydrogens (tertiary/aromatic N) is 1. The van der Waals surface area contributed by atoms with Crippen LogP contribution in [0.4, 0.5) is 8.78 Å². The molecule has 102 valence electrons. The number of hydrogen-bond acceptors (Lipinski definition) is 3. The van der Waals surface area contributed by atoms with E-state index in [1.807, 2.05) is 10.8 Å². The summed E-state index contributed by atoms with van der Waals surface area (Å²) in [5.41, 5.74) is 0. The fourth-order valence-electron chi connectivity index (χ4n) is 2.28. The van der Waals surface area contributed by atoms with Crippen LogP contribution in [0.2, 0.25) is 0 Å². The zero-order valence-corrected chi connectivity index (χ0v) is 11.2. The molecule has 0 spiro atoms. The molecule has 1 aliphatic carbocycles. The summed E-state index contributed by atoms with van der Waals surface area (Å²) in [6.45, 7) is 1.21. The van der Waals surface area contributed by atoms with Gasteiger partial charge in [-0.15, -0.1) is 11.3 Å². The Balaban J connectivity index is 2.04. The minimum absolute atomic E-state index is 0.0268. The minimum atomic E-state index is -2.48. The monoisotopic (exact) mass is 276 g/mol. The lowest BCUT2D eigenvalue weighted by atomic mass is 9.86. The Morgan fingerprint density at radius 2 is 2.17 bits per heavy atom. The first kappa shape index (κ1) is 13.7. The molecule has 1 aromatic heterocycles. The summed E-state index contributed by atoms with van der Waals surface area (Å²) in [5, 5.41) is 7.84. The minimum Gasteiger partial charge on any atom is -0.383 e. The van der Waals surface area contributed by atoms with Gasteiger partial charge < -0.3 is 9.30 Å². The highest BCUT2D eigenvalue weighted by atomic mass is 32.1. The number of methoxy groups -OCH3 is 1. The van der Waals surface area contributed by atoms with Crippen molar-refractivity contribution in [3.05, 3.63) is 15.9 Å². The first-order valence-electron chi connectivity index (χ1n) is 6.13. The van der Waals surface area contributed by atoms with Gasteiger partial charge >= 0.3 is 0 Å². The lowest BCUT2D eigenvalue weighted by Gasteiger charge is -2.27. The fourth-order valence-corrected chi connectivity index (χ4v) is 3.34. The zero-order valence-electron chi connectivity index (χ0n) is 10.4. The van der Waals surface area contributed by atoms with Crippen LogP contribution >= 0.6 is 11.3 Å². The molecular formula is C12H18F2N2OS. The van der Waals surface area contributed by atoms with E-state index in [0.29, 0.717) is 30.8 Å². The van der Waals surface area contributed by atoms with Gasteiger partial charge in [0.25, 0.3) is 0 Å². The number of hydrogen-bond donors (Lipinski definition) is 1. The normalized spacial score (nSPS) is 20.2. The van der Waals surface area contributed by atoms with Gasteiger partial charge in [0.1, 0.15) is 0 Å². The van der Waals surface area contributed by atoms with E-state index in [0.717, 1.165) is 4.88 Å². The Morgan fingerprint density at radius 3 is 2.78 bits per heavy atom.